The molecule has 0 aliphatic carbocycles. The second-order valence-electron chi connectivity index (χ2n) is 11.5. The second-order valence-corrected chi connectivity index (χ2v) is 11.5. The first-order valence-corrected chi connectivity index (χ1v) is 15.0. The Morgan fingerprint density at radius 1 is 1.04 bits per heavy atom. The normalized spacial score (nSPS) is 17.4. The number of nitrogens with zero attached hydrogens (tertiary/aromatic N) is 5. The van der Waals surface area contributed by atoms with E-state index in [-0.39, 0.29) is 37.0 Å². The first-order valence-electron chi connectivity index (χ1n) is 15.0. The number of likely N-dealkylation sites (N-methyl/N-ethyl adjacent to an activating group) is 1. The van der Waals surface area contributed by atoms with Crippen molar-refractivity contribution in [3.8, 4) is 17.1 Å². The summed E-state index contributed by atoms with van der Waals surface area (Å²) in [7, 11) is 2.04. The van der Waals surface area contributed by atoms with E-state index in [1.54, 1.807) is 66.1 Å². The van der Waals surface area contributed by atoms with Crippen LogP contribution in [-0.2, 0) is 17.8 Å². The fourth-order valence-electron chi connectivity index (χ4n) is 5.37. The lowest BCUT2D eigenvalue weighted by Gasteiger charge is -2.34. The quantitative estimate of drug-likeness (QED) is 0.253. The number of anilines is 2. The summed E-state index contributed by atoms with van der Waals surface area (Å²) in [6.45, 7) is 5.56. The molecule has 3 N–H and O–H groups in total. The lowest BCUT2D eigenvalue weighted by atomic mass is 10.0. The van der Waals surface area contributed by atoms with Gasteiger partial charge in [0, 0.05) is 72.8 Å². The maximum absolute atomic E-state index is 13.6. The van der Waals surface area contributed by atoms with Crippen molar-refractivity contribution in [1.29, 1.82) is 0 Å². The Kier molecular flexibility index (Phi) is 10.3. The first-order chi connectivity index (χ1) is 21.8. The van der Waals surface area contributed by atoms with Crippen molar-refractivity contribution in [2.24, 2.45) is 5.92 Å². The van der Waals surface area contributed by atoms with E-state index >= 15 is 0 Å². The molecule has 0 fully saturated rings. The Morgan fingerprint density at radius 2 is 1.78 bits per heavy atom. The predicted octanol–water partition coefficient (Wildman–Crippen LogP) is 4.46. The van der Waals surface area contributed by atoms with E-state index < -0.39 is 6.03 Å². The number of rotatable bonds is 9. The highest BCUT2D eigenvalue weighted by atomic mass is 16.5. The maximum Gasteiger partial charge on any atom is 0.323 e. The molecular weight excluding hydrogens is 570 g/mol. The van der Waals surface area contributed by atoms with Crippen molar-refractivity contribution in [2.75, 3.05) is 37.4 Å². The molecule has 1 aliphatic heterocycles. The van der Waals surface area contributed by atoms with Gasteiger partial charge >= 0.3 is 6.03 Å². The summed E-state index contributed by atoms with van der Waals surface area (Å²) in [6.07, 6.45) is 6.72. The zero-order valence-corrected chi connectivity index (χ0v) is 25.8. The fraction of sp³-hybridized carbons (Fsp3) is 0.324. The number of fused-ring (bicyclic) bond motifs is 1. The van der Waals surface area contributed by atoms with Gasteiger partial charge in [-0.2, -0.15) is 0 Å². The van der Waals surface area contributed by atoms with Crippen LogP contribution in [0.5, 0.6) is 5.75 Å². The predicted molar refractivity (Wildman–Crippen MR) is 173 cm³/mol. The van der Waals surface area contributed by atoms with Crippen LogP contribution in [0.4, 0.5) is 16.2 Å². The number of urea groups is 1. The largest absolute Gasteiger partial charge is 0.488 e. The van der Waals surface area contributed by atoms with Gasteiger partial charge in [0.15, 0.2) is 5.82 Å². The molecular formula is C34H39N7O4. The van der Waals surface area contributed by atoms with Gasteiger partial charge in [-0.1, -0.05) is 19.1 Å². The van der Waals surface area contributed by atoms with Gasteiger partial charge < -0.3 is 25.4 Å². The van der Waals surface area contributed by atoms with E-state index in [0.29, 0.717) is 41.6 Å². The number of pyridine rings is 1. The highest BCUT2D eigenvalue weighted by Gasteiger charge is 2.31. The van der Waals surface area contributed by atoms with Gasteiger partial charge in [-0.25, -0.2) is 14.8 Å². The molecule has 3 heterocycles. The molecule has 1 aliphatic rings. The number of ether oxygens (including phenoxy) is 1. The summed E-state index contributed by atoms with van der Waals surface area (Å²) in [4.78, 5) is 43.1. The van der Waals surface area contributed by atoms with Gasteiger partial charge in [0.05, 0.1) is 19.1 Å². The van der Waals surface area contributed by atoms with Crippen LogP contribution in [0.2, 0.25) is 0 Å². The average molecular weight is 610 g/mol. The SMILES string of the molecule is C[C@@H]1CN([C@@H](C)CO)C(=O)Cc2cc(NC(=O)Nc3cccc(-c4ncccn4)c3)ccc2O[C@H]1CN(C)Cc1ccncc1. The number of carbonyl (C=O) groups excluding carboxylic acids is 2. The Morgan fingerprint density at radius 3 is 2.51 bits per heavy atom. The van der Waals surface area contributed by atoms with Crippen molar-refractivity contribution < 1.29 is 19.4 Å². The van der Waals surface area contributed by atoms with Gasteiger partial charge in [0.2, 0.25) is 5.91 Å². The maximum atomic E-state index is 13.6. The molecule has 11 nitrogen and oxygen atoms in total. The standard InChI is InChI=1S/C34H39N7O4/c1-23-19-41(24(2)22-42)32(43)18-27-17-29(8-9-30(27)45-31(23)21-40(3)20-25-10-14-35-15-11-25)39-34(44)38-28-7-4-6-26(16-28)33-36-12-5-13-37-33/h4-17,23-24,31,42H,18-22H2,1-3H3,(H2,38,39,44)/t23-,24+,31+/m1/s1. The third-order valence-electron chi connectivity index (χ3n) is 7.81. The molecule has 0 spiro atoms. The number of benzene rings is 2. The molecule has 0 bridgehead atoms. The molecule has 2 aromatic carbocycles. The number of hydrogen-bond acceptors (Lipinski definition) is 8. The smallest absolute Gasteiger partial charge is 0.323 e. The van der Waals surface area contributed by atoms with E-state index in [9.17, 15) is 14.7 Å². The van der Waals surface area contributed by atoms with Crippen LogP contribution in [0.15, 0.2) is 85.5 Å². The molecule has 2 aromatic heterocycles. The van der Waals surface area contributed by atoms with Gasteiger partial charge in [-0.3, -0.25) is 14.7 Å². The monoisotopic (exact) mass is 609 g/mol. The summed E-state index contributed by atoms with van der Waals surface area (Å²) in [6, 6.07) is 17.6. The number of aromatic nitrogens is 3. The molecule has 4 aromatic rings. The Balaban J connectivity index is 1.34. The van der Waals surface area contributed by atoms with E-state index in [1.165, 1.54) is 0 Å². The summed E-state index contributed by atoms with van der Waals surface area (Å²) in [5.41, 5.74) is 3.68. The number of hydrogen-bond donors (Lipinski definition) is 3. The molecule has 5 rings (SSSR count). The molecule has 3 atom stereocenters. The molecule has 0 radical (unpaired) electrons. The lowest BCUT2D eigenvalue weighted by Crippen LogP contribution is -2.47. The third-order valence-corrected chi connectivity index (χ3v) is 7.81. The zero-order valence-electron chi connectivity index (χ0n) is 25.8. The number of carbonyl (C=O) groups is 2. The van der Waals surface area contributed by atoms with Crippen molar-refractivity contribution in [1.82, 2.24) is 24.8 Å². The van der Waals surface area contributed by atoms with E-state index in [4.69, 9.17) is 4.74 Å². The minimum absolute atomic E-state index is 0.0191. The molecule has 11 heteroatoms. The minimum atomic E-state index is -0.434. The van der Waals surface area contributed by atoms with Gasteiger partial charge in [0.25, 0.3) is 0 Å². The number of aliphatic hydroxyl groups excluding tert-OH is 1. The second kappa shape index (κ2) is 14.7. The van der Waals surface area contributed by atoms with Crippen LogP contribution in [0, 0.1) is 5.92 Å². The molecule has 0 unspecified atom stereocenters. The van der Waals surface area contributed by atoms with Crippen LogP contribution >= 0.6 is 0 Å². The zero-order chi connectivity index (χ0) is 31.8. The van der Waals surface area contributed by atoms with Crippen LogP contribution in [-0.4, -0.2) is 80.7 Å². The van der Waals surface area contributed by atoms with Crippen LogP contribution in [0.25, 0.3) is 11.4 Å². The number of aliphatic hydroxyl groups is 1. The average Bonchev–Trinajstić information content (AvgIpc) is 3.09. The highest BCUT2D eigenvalue weighted by molar-refractivity contribution is 6.00. The van der Waals surface area contributed by atoms with Crippen LogP contribution < -0.4 is 15.4 Å². The third kappa shape index (κ3) is 8.40. The topological polar surface area (TPSA) is 133 Å². The van der Waals surface area contributed by atoms with Crippen LogP contribution in [0.1, 0.15) is 25.0 Å². The van der Waals surface area contributed by atoms with E-state index in [2.05, 4.69) is 37.4 Å². The summed E-state index contributed by atoms with van der Waals surface area (Å²) in [5, 5.41) is 15.7. The van der Waals surface area contributed by atoms with Crippen molar-refractivity contribution in [2.45, 2.75) is 39.0 Å². The van der Waals surface area contributed by atoms with Gasteiger partial charge in [-0.05, 0) is 68.1 Å². The molecule has 0 saturated carbocycles. The van der Waals surface area contributed by atoms with Gasteiger partial charge in [-0.15, -0.1) is 0 Å². The molecule has 3 amide bonds. The van der Waals surface area contributed by atoms with Gasteiger partial charge in [0.1, 0.15) is 11.9 Å². The molecule has 0 saturated heterocycles. The highest BCUT2D eigenvalue weighted by Crippen LogP contribution is 2.29. The fourth-order valence-corrected chi connectivity index (χ4v) is 5.37. The Hall–Kier alpha value is -4.87. The summed E-state index contributed by atoms with van der Waals surface area (Å²) < 4.78 is 6.62. The van der Waals surface area contributed by atoms with Crippen molar-refractivity contribution in [3.05, 3.63) is 96.6 Å². The summed E-state index contributed by atoms with van der Waals surface area (Å²) in [5.74, 6) is 1.03. The van der Waals surface area contributed by atoms with Crippen LogP contribution in [0.3, 0.4) is 0 Å². The number of amides is 3. The van der Waals surface area contributed by atoms with E-state index in [1.807, 2.05) is 38.2 Å². The summed E-state index contributed by atoms with van der Waals surface area (Å²) >= 11 is 0. The molecule has 45 heavy (non-hydrogen) atoms. The van der Waals surface area contributed by atoms with Crippen molar-refractivity contribution in [3.63, 3.8) is 0 Å². The first kappa shape index (κ1) is 31.6. The van der Waals surface area contributed by atoms with Crippen molar-refractivity contribution >= 4 is 23.3 Å². The minimum Gasteiger partial charge on any atom is -0.488 e. The number of nitrogens with one attached hydrogen (secondary N) is 2. The Labute approximate surface area is 263 Å². The van der Waals surface area contributed by atoms with E-state index in [0.717, 1.165) is 17.7 Å². The Bertz CT molecular complexity index is 1590. The molecule has 234 valence electrons. The lowest BCUT2D eigenvalue weighted by molar-refractivity contribution is -0.134.